The lowest BCUT2D eigenvalue weighted by Gasteiger charge is -2.26. The van der Waals surface area contributed by atoms with E-state index in [0.29, 0.717) is 6.54 Å². The lowest BCUT2D eigenvalue weighted by molar-refractivity contribution is -0.133. The predicted octanol–water partition coefficient (Wildman–Crippen LogP) is 1.51. The van der Waals surface area contributed by atoms with Gasteiger partial charge in [-0.25, -0.2) is 4.79 Å². The van der Waals surface area contributed by atoms with Crippen molar-refractivity contribution in [1.29, 1.82) is 0 Å². The quantitative estimate of drug-likeness (QED) is 0.713. The Balaban J connectivity index is 2.16. The first-order chi connectivity index (χ1) is 7.20. The molecule has 0 aromatic carbocycles. The molecule has 1 aliphatic heterocycles. The zero-order chi connectivity index (χ0) is 10.8. The molecule has 1 heterocycles. The Bertz CT molecular complexity index is 272. The smallest absolute Gasteiger partial charge is 0.324 e. The summed E-state index contributed by atoms with van der Waals surface area (Å²) >= 11 is 0. The summed E-state index contributed by atoms with van der Waals surface area (Å²) in [5.74, 6) is -0.0125. The van der Waals surface area contributed by atoms with Crippen LogP contribution >= 0.6 is 0 Å². The van der Waals surface area contributed by atoms with Crippen LogP contribution in [0, 0.1) is 5.92 Å². The van der Waals surface area contributed by atoms with Crippen LogP contribution in [-0.2, 0) is 4.79 Å². The summed E-state index contributed by atoms with van der Waals surface area (Å²) in [7, 11) is 0. The van der Waals surface area contributed by atoms with Crippen molar-refractivity contribution in [3.05, 3.63) is 0 Å². The molecule has 1 saturated heterocycles. The fourth-order valence-corrected chi connectivity index (χ4v) is 2.45. The molecular formula is C11H18N2O2. The highest BCUT2D eigenvalue weighted by Gasteiger charge is 2.35. The second-order valence-electron chi connectivity index (χ2n) is 4.57. The monoisotopic (exact) mass is 210 g/mol. The van der Waals surface area contributed by atoms with E-state index in [2.05, 4.69) is 5.32 Å². The number of hydrogen-bond acceptors (Lipinski definition) is 2. The van der Waals surface area contributed by atoms with Gasteiger partial charge >= 0.3 is 6.03 Å². The molecule has 0 radical (unpaired) electrons. The minimum Gasteiger partial charge on any atom is -0.338 e. The molecular weight excluding hydrogens is 192 g/mol. The van der Waals surface area contributed by atoms with Crippen LogP contribution in [0.25, 0.3) is 0 Å². The van der Waals surface area contributed by atoms with E-state index in [1.165, 1.54) is 4.90 Å². The SMILES string of the molecule is CC1CCNC(=O)N(C2CCCC2)C1=O. The first-order valence-electron chi connectivity index (χ1n) is 5.81. The molecule has 1 unspecified atom stereocenters. The van der Waals surface area contributed by atoms with Crippen LogP contribution in [0.2, 0.25) is 0 Å². The first kappa shape index (κ1) is 10.5. The highest BCUT2D eigenvalue weighted by Crippen LogP contribution is 2.26. The van der Waals surface area contributed by atoms with Gasteiger partial charge in [0.05, 0.1) is 0 Å². The number of nitrogens with one attached hydrogen (secondary N) is 1. The Labute approximate surface area is 90.0 Å². The van der Waals surface area contributed by atoms with Crippen molar-refractivity contribution in [2.75, 3.05) is 6.54 Å². The minimum absolute atomic E-state index is 0.0110. The Morgan fingerprint density at radius 3 is 2.53 bits per heavy atom. The molecule has 2 fully saturated rings. The Hall–Kier alpha value is -1.06. The second kappa shape index (κ2) is 4.21. The largest absolute Gasteiger partial charge is 0.338 e. The highest BCUT2D eigenvalue weighted by molar-refractivity contribution is 5.96. The van der Waals surface area contributed by atoms with E-state index in [1.54, 1.807) is 0 Å². The van der Waals surface area contributed by atoms with Crippen molar-refractivity contribution in [3.63, 3.8) is 0 Å². The van der Waals surface area contributed by atoms with Gasteiger partial charge in [0.1, 0.15) is 0 Å². The van der Waals surface area contributed by atoms with Crippen LogP contribution in [0.5, 0.6) is 0 Å². The Morgan fingerprint density at radius 2 is 1.87 bits per heavy atom. The molecule has 1 saturated carbocycles. The van der Waals surface area contributed by atoms with Gasteiger partial charge in [0.25, 0.3) is 0 Å². The zero-order valence-electron chi connectivity index (χ0n) is 9.16. The third kappa shape index (κ3) is 1.98. The van der Waals surface area contributed by atoms with Crippen molar-refractivity contribution in [1.82, 2.24) is 10.2 Å². The number of carbonyl (C=O) groups is 2. The summed E-state index contributed by atoms with van der Waals surface area (Å²) in [6, 6.07) is -0.0331. The molecule has 0 bridgehead atoms. The highest BCUT2D eigenvalue weighted by atomic mass is 16.2. The lowest BCUT2D eigenvalue weighted by Crippen LogP contribution is -2.47. The van der Waals surface area contributed by atoms with Crippen molar-refractivity contribution in [3.8, 4) is 0 Å². The predicted molar refractivity (Wildman–Crippen MR) is 56.3 cm³/mol. The van der Waals surface area contributed by atoms with E-state index in [9.17, 15) is 9.59 Å². The minimum atomic E-state index is -0.184. The van der Waals surface area contributed by atoms with Crippen LogP contribution in [-0.4, -0.2) is 29.4 Å². The lowest BCUT2D eigenvalue weighted by atomic mass is 10.1. The van der Waals surface area contributed by atoms with Gasteiger partial charge in [-0.15, -0.1) is 0 Å². The third-order valence-electron chi connectivity index (χ3n) is 3.42. The Morgan fingerprint density at radius 1 is 1.20 bits per heavy atom. The summed E-state index contributed by atoms with van der Waals surface area (Å²) in [4.78, 5) is 25.2. The Kier molecular flexibility index (Phi) is 2.93. The molecule has 0 spiro atoms. The zero-order valence-corrected chi connectivity index (χ0v) is 9.16. The van der Waals surface area contributed by atoms with E-state index < -0.39 is 0 Å². The number of carbonyl (C=O) groups excluding carboxylic acids is 2. The normalized spacial score (nSPS) is 29.1. The van der Waals surface area contributed by atoms with Gasteiger partial charge in [0.2, 0.25) is 5.91 Å². The molecule has 15 heavy (non-hydrogen) atoms. The van der Waals surface area contributed by atoms with Crippen molar-refractivity contribution in [2.24, 2.45) is 5.92 Å². The molecule has 2 rings (SSSR count). The average Bonchev–Trinajstić information content (AvgIpc) is 2.67. The summed E-state index contributed by atoms with van der Waals surface area (Å²) in [5, 5.41) is 2.80. The van der Waals surface area contributed by atoms with Crippen molar-refractivity contribution in [2.45, 2.75) is 45.1 Å². The fraction of sp³-hybridized carbons (Fsp3) is 0.818. The van der Waals surface area contributed by atoms with Gasteiger partial charge in [-0.2, -0.15) is 0 Å². The van der Waals surface area contributed by atoms with Crippen LogP contribution in [0.3, 0.4) is 0 Å². The number of nitrogens with zero attached hydrogens (tertiary/aromatic N) is 1. The molecule has 4 nitrogen and oxygen atoms in total. The van der Waals surface area contributed by atoms with E-state index in [1.807, 2.05) is 6.92 Å². The van der Waals surface area contributed by atoms with E-state index in [-0.39, 0.29) is 23.9 Å². The maximum atomic E-state index is 12.0. The van der Waals surface area contributed by atoms with Crippen molar-refractivity contribution >= 4 is 11.9 Å². The molecule has 3 amide bonds. The third-order valence-corrected chi connectivity index (χ3v) is 3.42. The van der Waals surface area contributed by atoms with Gasteiger partial charge in [0, 0.05) is 18.5 Å². The molecule has 1 aliphatic carbocycles. The van der Waals surface area contributed by atoms with Gasteiger partial charge in [0.15, 0.2) is 0 Å². The van der Waals surface area contributed by atoms with E-state index >= 15 is 0 Å². The van der Waals surface area contributed by atoms with Crippen LogP contribution in [0.15, 0.2) is 0 Å². The number of urea groups is 1. The van der Waals surface area contributed by atoms with Gasteiger partial charge < -0.3 is 5.32 Å². The average molecular weight is 210 g/mol. The topological polar surface area (TPSA) is 49.4 Å². The molecule has 1 atom stereocenters. The van der Waals surface area contributed by atoms with Gasteiger partial charge in [-0.1, -0.05) is 19.8 Å². The maximum absolute atomic E-state index is 12.0. The number of hydrogen-bond donors (Lipinski definition) is 1. The number of amides is 3. The summed E-state index contributed by atoms with van der Waals surface area (Å²) in [5.41, 5.74) is 0. The summed E-state index contributed by atoms with van der Waals surface area (Å²) in [6.45, 7) is 2.53. The molecule has 84 valence electrons. The van der Waals surface area contributed by atoms with Crippen molar-refractivity contribution < 1.29 is 9.59 Å². The van der Waals surface area contributed by atoms with Crippen LogP contribution in [0.4, 0.5) is 4.79 Å². The maximum Gasteiger partial charge on any atom is 0.324 e. The molecule has 0 aromatic heterocycles. The van der Waals surface area contributed by atoms with E-state index in [0.717, 1.165) is 32.1 Å². The standard InChI is InChI=1S/C11H18N2O2/c1-8-6-7-12-11(15)13(10(8)14)9-4-2-3-5-9/h8-9H,2-7H2,1H3,(H,12,15). The van der Waals surface area contributed by atoms with Crippen LogP contribution < -0.4 is 5.32 Å². The first-order valence-corrected chi connectivity index (χ1v) is 5.81. The van der Waals surface area contributed by atoms with E-state index in [4.69, 9.17) is 0 Å². The number of rotatable bonds is 1. The second-order valence-corrected chi connectivity index (χ2v) is 4.57. The van der Waals surface area contributed by atoms with Crippen LogP contribution in [0.1, 0.15) is 39.0 Å². The summed E-state index contributed by atoms with van der Waals surface area (Å²) < 4.78 is 0. The molecule has 4 heteroatoms. The molecule has 2 aliphatic rings. The molecule has 0 aromatic rings. The summed E-state index contributed by atoms with van der Waals surface area (Å²) in [6.07, 6.45) is 4.98. The van der Waals surface area contributed by atoms with Gasteiger partial charge in [-0.3, -0.25) is 9.69 Å². The number of imide groups is 1. The van der Waals surface area contributed by atoms with Gasteiger partial charge in [-0.05, 0) is 19.3 Å². The molecule has 1 N–H and O–H groups in total. The fourth-order valence-electron chi connectivity index (χ4n) is 2.45.